The number of carbonyl (C=O) groups is 2. The molecule has 180 valence electrons. The Labute approximate surface area is 211 Å². The van der Waals surface area contributed by atoms with E-state index in [1.54, 1.807) is 20.1 Å². The van der Waals surface area contributed by atoms with Gasteiger partial charge in [0.1, 0.15) is 5.75 Å². The SMILES string of the molecule is COc1cccc(C(=O)N2c3ccccc3[C@@H](N(C(C)=O)c3ccccc3)C[C@H]2c2ccccc2)c1. The number of anilines is 2. The molecule has 4 aromatic carbocycles. The lowest BCUT2D eigenvalue weighted by Crippen LogP contribution is -2.44. The average Bonchev–Trinajstić information content (AvgIpc) is 2.93. The number of fused-ring (bicyclic) bond motifs is 1. The minimum Gasteiger partial charge on any atom is -0.497 e. The van der Waals surface area contributed by atoms with Crippen LogP contribution in [0.1, 0.15) is 46.9 Å². The van der Waals surface area contributed by atoms with Gasteiger partial charge in [-0.3, -0.25) is 9.59 Å². The number of para-hydroxylation sites is 2. The van der Waals surface area contributed by atoms with Gasteiger partial charge in [-0.05, 0) is 53.9 Å². The molecule has 0 aromatic heterocycles. The molecule has 0 aliphatic carbocycles. The van der Waals surface area contributed by atoms with Crippen LogP contribution in [-0.4, -0.2) is 18.9 Å². The maximum absolute atomic E-state index is 14.1. The third-order valence-corrected chi connectivity index (χ3v) is 6.72. The molecule has 2 atom stereocenters. The molecule has 36 heavy (non-hydrogen) atoms. The number of carbonyl (C=O) groups excluding carboxylic acids is 2. The van der Waals surface area contributed by atoms with Crippen LogP contribution < -0.4 is 14.5 Å². The molecular formula is C31H28N2O3. The van der Waals surface area contributed by atoms with E-state index in [0.717, 1.165) is 22.5 Å². The molecule has 2 amide bonds. The lowest BCUT2D eigenvalue weighted by Gasteiger charge is -2.44. The molecule has 0 unspecified atom stereocenters. The van der Waals surface area contributed by atoms with Gasteiger partial charge < -0.3 is 14.5 Å². The first kappa shape index (κ1) is 23.4. The molecule has 0 saturated heterocycles. The molecule has 1 heterocycles. The Kier molecular flexibility index (Phi) is 6.54. The fourth-order valence-electron chi connectivity index (χ4n) is 5.12. The van der Waals surface area contributed by atoms with E-state index in [0.29, 0.717) is 17.7 Å². The molecule has 0 fully saturated rings. The van der Waals surface area contributed by atoms with Crippen molar-refractivity contribution in [3.8, 4) is 5.75 Å². The fraction of sp³-hybridized carbons (Fsp3) is 0.161. The molecule has 0 saturated carbocycles. The molecule has 0 N–H and O–H groups in total. The third-order valence-electron chi connectivity index (χ3n) is 6.72. The van der Waals surface area contributed by atoms with Crippen LogP contribution in [0.25, 0.3) is 0 Å². The average molecular weight is 477 g/mol. The van der Waals surface area contributed by atoms with Gasteiger partial charge in [-0.2, -0.15) is 0 Å². The molecule has 0 bridgehead atoms. The Hall–Kier alpha value is -4.38. The highest BCUT2D eigenvalue weighted by molar-refractivity contribution is 6.08. The zero-order valence-electron chi connectivity index (χ0n) is 20.4. The molecule has 5 heteroatoms. The predicted molar refractivity (Wildman–Crippen MR) is 142 cm³/mol. The van der Waals surface area contributed by atoms with E-state index in [4.69, 9.17) is 4.74 Å². The molecule has 1 aliphatic rings. The summed E-state index contributed by atoms with van der Waals surface area (Å²) in [5.74, 6) is 0.482. The van der Waals surface area contributed by atoms with E-state index in [1.807, 2.05) is 113 Å². The summed E-state index contributed by atoms with van der Waals surface area (Å²) in [5, 5.41) is 0. The fourth-order valence-corrected chi connectivity index (χ4v) is 5.12. The summed E-state index contributed by atoms with van der Waals surface area (Å²) in [5.41, 5.74) is 4.15. The van der Waals surface area contributed by atoms with Crippen molar-refractivity contribution < 1.29 is 14.3 Å². The van der Waals surface area contributed by atoms with Crippen molar-refractivity contribution in [2.75, 3.05) is 16.9 Å². The van der Waals surface area contributed by atoms with Crippen molar-refractivity contribution in [2.45, 2.75) is 25.4 Å². The highest BCUT2D eigenvalue weighted by atomic mass is 16.5. The van der Waals surface area contributed by atoms with Crippen molar-refractivity contribution >= 4 is 23.2 Å². The first-order valence-electron chi connectivity index (χ1n) is 12.0. The smallest absolute Gasteiger partial charge is 0.258 e. The summed E-state index contributed by atoms with van der Waals surface area (Å²) in [4.78, 5) is 30.8. The number of benzene rings is 4. The van der Waals surface area contributed by atoms with Gasteiger partial charge in [0.2, 0.25) is 5.91 Å². The van der Waals surface area contributed by atoms with Crippen LogP contribution in [0.2, 0.25) is 0 Å². The first-order chi connectivity index (χ1) is 17.6. The van der Waals surface area contributed by atoms with E-state index >= 15 is 0 Å². The number of hydrogen-bond donors (Lipinski definition) is 0. The van der Waals surface area contributed by atoms with E-state index in [2.05, 4.69) is 0 Å². The normalized spacial score (nSPS) is 16.7. The monoisotopic (exact) mass is 476 g/mol. The Morgan fingerprint density at radius 1 is 0.833 bits per heavy atom. The van der Waals surface area contributed by atoms with E-state index in [9.17, 15) is 9.59 Å². The van der Waals surface area contributed by atoms with Crippen LogP contribution in [0.5, 0.6) is 5.75 Å². The number of ether oxygens (including phenoxy) is 1. The predicted octanol–water partition coefficient (Wildman–Crippen LogP) is 6.58. The van der Waals surface area contributed by atoms with E-state index in [-0.39, 0.29) is 23.9 Å². The lowest BCUT2D eigenvalue weighted by molar-refractivity contribution is -0.117. The van der Waals surface area contributed by atoms with Gasteiger partial charge in [-0.25, -0.2) is 0 Å². The van der Waals surface area contributed by atoms with Gasteiger partial charge in [0, 0.05) is 23.9 Å². The van der Waals surface area contributed by atoms with Gasteiger partial charge >= 0.3 is 0 Å². The number of amides is 2. The van der Waals surface area contributed by atoms with Gasteiger partial charge in [-0.1, -0.05) is 72.8 Å². The van der Waals surface area contributed by atoms with Crippen LogP contribution in [0.15, 0.2) is 109 Å². The third kappa shape index (κ3) is 4.36. The number of nitrogens with zero attached hydrogens (tertiary/aromatic N) is 2. The largest absolute Gasteiger partial charge is 0.497 e. The molecule has 5 rings (SSSR count). The summed E-state index contributed by atoms with van der Waals surface area (Å²) >= 11 is 0. The second-order valence-electron chi connectivity index (χ2n) is 8.87. The maximum Gasteiger partial charge on any atom is 0.258 e. The van der Waals surface area contributed by atoms with Crippen molar-refractivity contribution in [3.05, 3.63) is 126 Å². The topological polar surface area (TPSA) is 49.9 Å². The minimum atomic E-state index is -0.268. The summed E-state index contributed by atoms with van der Waals surface area (Å²) in [7, 11) is 1.59. The summed E-state index contributed by atoms with van der Waals surface area (Å²) in [6, 6.07) is 34.4. The standard InChI is InChI=1S/C31H28N2O3/c1-22(34)32(25-15-7-4-8-16-25)30-21-29(23-12-5-3-6-13-23)33(28-19-10-9-18-27(28)30)31(35)24-14-11-17-26(20-24)36-2/h3-20,29-30H,21H2,1-2H3/t29-,30-/m0/s1. The first-order valence-corrected chi connectivity index (χ1v) is 12.0. The van der Waals surface area contributed by atoms with Crippen LogP contribution >= 0.6 is 0 Å². The van der Waals surface area contributed by atoms with Crippen LogP contribution in [0.4, 0.5) is 11.4 Å². The van der Waals surface area contributed by atoms with Gasteiger partial charge in [0.25, 0.3) is 5.91 Å². The minimum absolute atomic E-state index is 0.0413. The van der Waals surface area contributed by atoms with Gasteiger partial charge in [0.05, 0.1) is 19.2 Å². The van der Waals surface area contributed by atoms with E-state index in [1.165, 1.54) is 0 Å². The molecule has 4 aromatic rings. The van der Waals surface area contributed by atoms with Crippen LogP contribution in [-0.2, 0) is 4.79 Å². The molecular weight excluding hydrogens is 448 g/mol. The van der Waals surface area contributed by atoms with E-state index < -0.39 is 0 Å². The molecule has 0 spiro atoms. The highest BCUT2D eigenvalue weighted by Gasteiger charge is 2.40. The summed E-state index contributed by atoms with van der Waals surface area (Å²) in [6.45, 7) is 1.60. The zero-order valence-corrected chi connectivity index (χ0v) is 20.4. The Morgan fingerprint density at radius 2 is 1.50 bits per heavy atom. The number of rotatable bonds is 5. The summed E-state index contributed by atoms with van der Waals surface area (Å²) in [6.07, 6.45) is 0.561. The summed E-state index contributed by atoms with van der Waals surface area (Å²) < 4.78 is 5.38. The molecule has 0 radical (unpaired) electrons. The maximum atomic E-state index is 14.1. The second kappa shape index (κ2) is 10.1. The highest BCUT2D eigenvalue weighted by Crippen LogP contribution is 2.48. The van der Waals surface area contributed by atoms with Gasteiger partial charge in [-0.15, -0.1) is 0 Å². The van der Waals surface area contributed by atoms with Crippen molar-refractivity contribution in [1.82, 2.24) is 0 Å². The zero-order chi connectivity index (χ0) is 25.1. The number of methoxy groups -OCH3 is 1. The second-order valence-corrected chi connectivity index (χ2v) is 8.87. The van der Waals surface area contributed by atoms with Crippen molar-refractivity contribution in [3.63, 3.8) is 0 Å². The molecule has 1 aliphatic heterocycles. The van der Waals surface area contributed by atoms with Gasteiger partial charge in [0.15, 0.2) is 0 Å². The Balaban J connectivity index is 1.68. The quantitative estimate of drug-likeness (QED) is 0.327. The Morgan fingerprint density at radius 3 is 2.19 bits per heavy atom. The van der Waals surface area contributed by atoms with Crippen LogP contribution in [0, 0.1) is 0 Å². The van der Waals surface area contributed by atoms with Crippen molar-refractivity contribution in [1.29, 1.82) is 0 Å². The van der Waals surface area contributed by atoms with Crippen molar-refractivity contribution in [2.24, 2.45) is 0 Å². The number of hydrogen-bond acceptors (Lipinski definition) is 3. The van der Waals surface area contributed by atoms with Crippen LogP contribution in [0.3, 0.4) is 0 Å². The molecule has 5 nitrogen and oxygen atoms in total. The Bertz CT molecular complexity index is 1370. The lowest BCUT2D eigenvalue weighted by atomic mass is 9.85.